The van der Waals surface area contributed by atoms with Gasteiger partial charge in [0.2, 0.25) is 5.95 Å². The first kappa shape index (κ1) is 28.2. The molecule has 2 aromatic carbocycles. The molecule has 2 atom stereocenters. The van der Waals surface area contributed by atoms with Crippen molar-refractivity contribution in [3.05, 3.63) is 71.8 Å². The number of halogens is 4. The zero-order valence-electron chi connectivity index (χ0n) is 22.3. The molecule has 2 aliphatic heterocycles. The maximum absolute atomic E-state index is 13.9. The van der Waals surface area contributed by atoms with Crippen molar-refractivity contribution >= 4 is 28.9 Å². The molecule has 1 aromatic heterocycles. The first-order chi connectivity index (χ1) is 19.6. The van der Waals surface area contributed by atoms with Crippen LogP contribution in [-0.4, -0.2) is 49.9 Å². The number of esters is 1. The predicted octanol–water partition coefficient (Wildman–Crippen LogP) is 5.84. The molecule has 5 rings (SSSR count). The molecule has 1 amide bonds. The van der Waals surface area contributed by atoms with E-state index in [9.17, 15) is 27.2 Å². The average Bonchev–Trinajstić information content (AvgIpc) is 3.56. The number of carbonyl (C=O) groups is 2. The number of aromatic nitrogens is 1. The number of pyridine rings is 1. The fourth-order valence-electron chi connectivity index (χ4n) is 5.22. The lowest BCUT2D eigenvalue weighted by atomic mass is 9.97. The second kappa shape index (κ2) is 11.3. The van der Waals surface area contributed by atoms with Gasteiger partial charge in [-0.05, 0) is 30.7 Å². The average molecular weight is 574 g/mol. The molecule has 0 saturated carbocycles. The Morgan fingerprint density at radius 3 is 2.51 bits per heavy atom. The zero-order chi connectivity index (χ0) is 29.3. The van der Waals surface area contributed by atoms with E-state index in [0.29, 0.717) is 51.9 Å². The number of rotatable bonds is 8. The SMILES string of the molecule is CCCN(c1ccc(F)nc1)c1cccc2c1OC[C@H]2N(C(=O)C(F)(F)F)c1ccc2c(c1)OC[C@H]2CC(=O)OC. The van der Waals surface area contributed by atoms with Gasteiger partial charge >= 0.3 is 18.1 Å². The van der Waals surface area contributed by atoms with Crippen LogP contribution in [0.5, 0.6) is 11.5 Å². The quantitative estimate of drug-likeness (QED) is 0.190. The number of amides is 1. The molecule has 0 saturated heterocycles. The highest BCUT2D eigenvalue weighted by molar-refractivity contribution is 5.98. The minimum Gasteiger partial charge on any atom is -0.493 e. The van der Waals surface area contributed by atoms with Gasteiger partial charge in [0.15, 0.2) is 0 Å². The number of ether oxygens (including phenoxy) is 3. The Balaban J connectivity index is 1.54. The number of alkyl halides is 3. The van der Waals surface area contributed by atoms with E-state index in [1.807, 2.05) is 11.8 Å². The van der Waals surface area contributed by atoms with Gasteiger partial charge in [-0.25, -0.2) is 4.98 Å². The van der Waals surface area contributed by atoms with Crippen molar-refractivity contribution in [2.45, 2.75) is 37.9 Å². The third kappa shape index (κ3) is 5.50. The Hall–Kier alpha value is -4.35. The molecule has 12 heteroatoms. The number of carbonyl (C=O) groups excluding carboxylic acids is 2. The highest BCUT2D eigenvalue weighted by Gasteiger charge is 2.48. The van der Waals surface area contributed by atoms with E-state index in [1.165, 1.54) is 31.5 Å². The fraction of sp³-hybridized carbons (Fsp3) is 0.345. The summed E-state index contributed by atoms with van der Waals surface area (Å²) in [4.78, 5) is 30.9. The van der Waals surface area contributed by atoms with Gasteiger partial charge in [-0.2, -0.15) is 17.6 Å². The van der Waals surface area contributed by atoms with Gasteiger partial charge in [-0.15, -0.1) is 0 Å². The summed E-state index contributed by atoms with van der Waals surface area (Å²) in [6.45, 7) is 2.38. The monoisotopic (exact) mass is 573 g/mol. The second-order valence-electron chi connectivity index (χ2n) is 9.70. The van der Waals surface area contributed by atoms with Crippen molar-refractivity contribution in [3.8, 4) is 11.5 Å². The van der Waals surface area contributed by atoms with E-state index in [1.54, 1.807) is 30.3 Å². The van der Waals surface area contributed by atoms with E-state index in [4.69, 9.17) is 14.2 Å². The van der Waals surface area contributed by atoms with Gasteiger partial charge in [-0.3, -0.25) is 14.5 Å². The van der Waals surface area contributed by atoms with Gasteiger partial charge in [0.05, 0.1) is 43.8 Å². The Bertz CT molecular complexity index is 1450. The van der Waals surface area contributed by atoms with Crippen LogP contribution in [0.2, 0.25) is 0 Å². The number of fused-ring (bicyclic) bond motifs is 2. The summed E-state index contributed by atoms with van der Waals surface area (Å²) < 4.78 is 71.7. The van der Waals surface area contributed by atoms with Crippen molar-refractivity contribution in [2.24, 2.45) is 0 Å². The maximum Gasteiger partial charge on any atom is 0.471 e. The van der Waals surface area contributed by atoms with Gasteiger partial charge in [-0.1, -0.05) is 25.1 Å². The summed E-state index contributed by atoms with van der Waals surface area (Å²) in [6, 6.07) is 11.1. The predicted molar refractivity (Wildman–Crippen MR) is 141 cm³/mol. The molecule has 41 heavy (non-hydrogen) atoms. The first-order valence-corrected chi connectivity index (χ1v) is 13.0. The number of benzene rings is 2. The van der Waals surface area contributed by atoms with E-state index < -0.39 is 30.0 Å². The molecule has 216 valence electrons. The lowest BCUT2D eigenvalue weighted by Crippen LogP contribution is -2.44. The van der Waals surface area contributed by atoms with E-state index in [0.717, 1.165) is 0 Å². The molecule has 3 aromatic rings. The highest BCUT2D eigenvalue weighted by atomic mass is 19.4. The molecule has 3 heterocycles. The molecule has 0 bridgehead atoms. The van der Waals surface area contributed by atoms with Crippen molar-refractivity contribution in [2.75, 3.05) is 36.7 Å². The fourth-order valence-corrected chi connectivity index (χ4v) is 5.22. The van der Waals surface area contributed by atoms with E-state index in [-0.39, 0.29) is 31.2 Å². The molecule has 0 aliphatic carbocycles. The van der Waals surface area contributed by atoms with Crippen LogP contribution < -0.4 is 19.3 Å². The zero-order valence-corrected chi connectivity index (χ0v) is 22.3. The molecule has 2 aliphatic rings. The summed E-state index contributed by atoms with van der Waals surface area (Å²) in [5.74, 6) is -2.83. The molecule has 8 nitrogen and oxygen atoms in total. The second-order valence-corrected chi connectivity index (χ2v) is 9.70. The van der Waals surface area contributed by atoms with Gasteiger partial charge in [0.1, 0.15) is 18.1 Å². The Labute approximate surface area is 233 Å². The lowest BCUT2D eigenvalue weighted by Gasteiger charge is -2.30. The maximum atomic E-state index is 13.9. The molecule has 0 unspecified atom stereocenters. The van der Waals surface area contributed by atoms with Crippen LogP contribution in [0.1, 0.15) is 42.9 Å². The lowest BCUT2D eigenvalue weighted by molar-refractivity contribution is -0.171. The topological polar surface area (TPSA) is 81.2 Å². The van der Waals surface area contributed by atoms with Crippen molar-refractivity contribution in [1.29, 1.82) is 0 Å². The van der Waals surface area contributed by atoms with Crippen LogP contribution in [0.15, 0.2) is 54.7 Å². The van der Waals surface area contributed by atoms with Gasteiger partial charge < -0.3 is 19.1 Å². The van der Waals surface area contributed by atoms with Crippen LogP contribution in [0.4, 0.5) is 34.6 Å². The number of methoxy groups -OCH3 is 1. The minimum absolute atomic E-state index is 0.0233. The molecule has 0 spiro atoms. The summed E-state index contributed by atoms with van der Waals surface area (Å²) in [5, 5.41) is 0. The number of anilines is 3. The van der Waals surface area contributed by atoms with Crippen LogP contribution in [0, 0.1) is 5.95 Å². The highest BCUT2D eigenvalue weighted by Crippen LogP contribution is 2.48. The molecule has 0 radical (unpaired) electrons. The Kier molecular flexibility index (Phi) is 7.74. The number of hydrogen-bond donors (Lipinski definition) is 0. The third-order valence-electron chi connectivity index (χ3n) is 7.10. The van der Waals surface area contributed by atoms with Crippen molar-refractivity contribution < 1.29 is 41.4 Å². The Morgan fingerprint density at radius 2 is 1.83 bits per heavy atom. The first-order valence-electron chi connectivity index (χ1n) is 13.0. The van der Waals surface area contributed by atoms with Crippen LogP contribution in [0.25, 0.3) is 0 Å². The van der Waals surface area contributed by atoms with Crippen molar-refractivity contribution in [1.82, 2.24) is 4.98 Å². The molecular weight excluding hydrogens is 546 g/mol. The van der Waals surface area contributed by atoms with Crippen molar-refractivity contribution in [3.63, 3.8) is 0 Å². The van der Waals surface area contributed by atoms with Gasteiger partial charge in [0, 0.05) is 35.3 Å². The van der Waals surface area contributed by atoms with E-state index >= 15 is 0 Å². The number of hydrogen-bond acceptors (Lipinski definition) is 7. The van der Waals surface area contributed by atoms with E-state index in [2.05, 4.69) is 4.98 Å². The normalized spacial score (nSPS) is 17.2. The molecule has 0 fully saturated rings. The summed E-state index contributed by atoms with van der Waals surface area (Å²) in [5.41, 5.74) is 2.15. The summed E-state index contributed by atoms with van der Waals surface area (Å²) >= 11 is 0. The third-order valence-corrected chi connectivity index (χ3v) is 7.10. The molecular formula is C29H27F4N3O5. The van der Waals surface area contributed by atoms with Crippen LogP contribution in [-0.2, 0) is 14.3 Å². The Morgan fingerprint density at radius 1 is 1.05 bits per heavy atom. The number of nitrogens with zero attached hydrogens (tertiary/aromatic N) is 3. The summed E-state index contributed by atoms with van der Waals surface area (Å²) in [6.07, 6.45) is -3.04. The van der Waals surface area contributed by atoms with Gasteiger partial charge in [0.25, 0.3) is 0 Å². The summed E-state index contributed by atoms with van der Waals surface area (Å²) in [7, 11) is 1.27. The molecule has 0 N–H and O–H groups in total. The largest absolute Gasteiger partial charge is 0.493 e. The number of para-hydroxylation sites is 1. The van der Waals surface area contributed by atoms with Crippen LogP contribution >= 0.6 is 0 Å². The van der Waals surface area contributed by atoms with Crippen LogP contribution in [0.3, 0.4) is 0 Å². The minimum atomic E-state index is -5.16. The smallest absolute Gasteiger partial charge is 0.471 e. The standard InChI is InChI=1S/C29H27F4N3O5/c1-3-11-35(19-8-10-25(30)34-14-19)22-6-4-5-21-23(16-41-27(21)22)36(28(38)29(31,32)33)18-7-9-20-17(12-26(37)39-2)15-40-24(20)13-18/h4-10,13-14,17,23H,3,11-12,15-16H2,1-2H3/t17-,23-/m1/s1.